The molecule has 2 aromatic carbocycles. The largest absolute Gasteiger partial charge is 0.452 e. The van der Waals surface area contributed by atoms with Crippen LogP contribution in [0.15, 0.2) is 53.1 Å². The van der Waals surface area contributed by atoms with Gasteiger partial charge in [-0.1, -0.05) is 53.2 Å². The van der Waals surface area contributed by atoms with E-state index in [1.165, 1.54) is 0 Å². The van der Waals surface area contributed by atoms with E-state index in [4.69, 9.17) is 20.9 Å². The Balaban J connectivity index is 1.67. The summed E-state index contributed by atoms with van der Waals surface area (Å²) in [6, 6.07) is 14.3. The number of hydrogen-bond acceptors (Lipinski definition) is 5. The molecule has 0 radical (unpaired) electrons. The first-order valence-electron chi connectivity index (χ1n) is 8.20. The van der Waals surface area contributed by atoms with Crippen LogP contribution < -0.4 is 5.32 Å². The number of rotatable bonds is 5. The van der Waals surface area contributed by atoms with Crippen LogP contribution >= 0.6 is 11.6 Å². The highest BCUT2D eigenvalue weighted by molar-refractivity contribution is 6.31. The number of carbonyl (C=O) groups is 2. The average Bonchev–Trinajstić information content (AvgIpc) is 3.05. The van der Waals surface area contributed by atoms with Crippen molar-refractivity contribution < 1.29 is 18.8 Å². The molecule has 0 bridgehead atoms. The van der Waals surface area contributed by atoms with Gasteiger partial charge in [-0.3, -0.25) is 4.79 Å². The molecule has 27 heavy (non-hydrogen) atoms. The summed E-state index contributed by atoms with van der Waals surface area (Å²) in [5.74, 6) is -0.826. The van der Waals surface area contributed by atoms with Crippen molar-refractivity contribution in [3.8, 4) is 11.3 Å². The summed E-state index contributed by atoms with van der Waals surface area (Å²) in [5, 5.41) is 7.10. The SMILES string of the molecule is Cc1ccc(NC(=O)COC(=O)c2c(-c3ccccc3)noc2C)cc1Cl. The molecule has 0 unspecified atom stereocenters. The van der Waals surface area contributed by atoms with Crippen molar-refractivity contribution in [1.29, 1.82) is 0 Å². The molecule has 1 amide bonds. The number of carbonyl (C=O) groups excluding carboxylic acids is 2. The molecule has 1 heterocycles. The quantitative estimate of drug-likeness (QED) is 0.659. The van der Waals surface area contributed by atoms with Crippen LogP contribution in [0.1, 0.15) is 21.7 Å². The first-order valence-corrected chi connectivity index (χ1v) is 8.58. The molecule has 138 valence electrons. The summed E-state index contributed by atoms with van der Waals surface area (Å²) in [4.78, 5) is 24.5. The molecule has 0 aliphatic rings. The number of amides is 1. The van der Waals surface area contributed by atoms with E-state index in [1.807, 2.05) is 37.3 Å². The lowest BCUT2D eigenvalue weighted by Gasteiger charge is -2.08. The third kappa shape index (κ3) is 4.35. The minimum Gasteiger partial charge on any atom is -0.452 e. The van der Waals surface area contributed by atoms with E-state index < -0.39 is 18.5 Å². The highest BCUT2D eigenvalue weighted by atomic mass is 35.5. The van der Waals surface area contributed by atoms with Crippen molar-refractivity contribution in [2.75, 3.05) is 11.9 Å². The number of benzene rings is 2. The predicted molar refractivity (Wildman–Crippen MR) is 102 cm³/mol. The smallest absolute Gasteiger partial charge is 0.344 e. The Morgan fingerprint density at radius 3 is 2.59 bits per heavy atom. The molecule has 0 aliphatic carbocycles. The van der Waals surface area contributed by atoms with Crippen LogP contribution in [0.4, 0.5) is 5.69 Å². The van der Waals surface area contributed by atoms with Crippen molar-refractivity contribution in [1.82, 2.24) is 5.16 Å². The first-order chi connectivity index (χ1) is 13.0. The normalized spacial score (nSPS) is 10.5. The van der Waals surface area contributed by atoms with E-state index in [2.05, 4.69) is 10.5 Å². The monoisotopic (exact) mass is 384 g/mol. The van der Waals surface area contributed by atoms with Crippen molar-refractivity contribution in [2.45, 2.75) is 13.8 Å². The maximum Gasteiger partial charge on any atom is 0.344 e. The van der Waals surface area contributed by atoms with Gasteiger partial charge in [0.2, 0.25) is 0 Å². The molecule has 0 saturated carbocycles. The minimum absolute atomic E-state index is 0.201. The fourth-order valence-corrected chi connectivity index (χ4v) is 2.66. The Kier molecular flexibility index (Phi) is 5.57. The third-order valence-electron chi connectivity index (χ3n) is 3.90. The lowest BCUT2D eigenvalue weighted by Crippen LogP contribution is -2.21. The maximum atomic E-state index is 12.5. The molecule has 1 aromatic heterocycles. The Morgan fingerprint density at radius 2 is 1.89 bits per heavy atom. The van der Waals surface area contributed by atoms with Crippen molar-refractivity contribution >= 4 is 29.2 Å². The van der Waals surface area contributed by atoms with Gasteiger partial charge >= 0.3 is 5.97 Å². The lowest BCUT2D eigenvalue weighted by atomic mass is 10.1. The predicted octanol–water partition coefficient (Wildman–Crippen LogP) is 4.41. The van der Waals surface area contributed by atoms with Gasteiger partial charge in [0.1, 0.15) is 17.0 Å². The minimum atomic E-state index is -0.676. The molecular weight excluding hydrogens is 368 g/mol. The number of nitrogens with one attached hydrogen (secondary N) is 1. The van der Waals surface area contributed by atoms with Gasteiger partial charge in [-0.2, -0.15) is 0 Å². The number of aryl methyl sites for hydroxylation is 2. The summed E-state index contributed by atoms with van der Waals surface area (Å²) in [6.45, 7) is 3.04. The summed E-state index contributed by atoms with van der Waals surface area (Å²) in [5.41, 5.74) is 2.73. The zero-order valence-electron chi connectivity index (χ0n) is 14.8. The van der Waals surface area contributed by atoms with Crippen LogP contribution in [0.5, 0.6) is 0 Å². The number of nitrogens with zero attached hydrogens (tertiary/aromatic N) is 1. The van der Waals surface area contributed by atoms with E-state index in [1.54, 1.807) is 25.1 Å². The fourth-order valence-electron chi connectivity index (χ4n) is 2.48. The van der Waals surface area contributed by atoms with E-state index in [9.17, 15) is 9.59 Å². The first kappa shape index (κ1) is 18.7. The van der Waals surface area contributed by atoms with Crippen molar-refractivity contribution in [2.24, 2.45) is 0 Å². The molecule has 6 nitrogen and oxygen atoms in total. The van der Waals surface area contributed by atoms with Gasteiger partial charge in [-0.05, 0) is 31.5 Å². The van der Waals surface area contributed by atoms with Crippen LogP contribution in [0, 0.1) is 13.8 Å². The van der Waals surface area contributed by atoms with Crippen LogP contribution in [0.25, 0.3) is 11.3 Å². The zero-order chi connectivity index (χ0) is 19.4. The van der Waals surface area contributed by atoms with Gasteiger partial charge in [-0.15, -0.1) is 0 Å². The molecule has 7 heteroatoms. The number of esters is 1. The van der Waals surface area contributed by atoms with Crippen molar-refractivity contribution in [3.05, 3.63) is 70.4 Å². The molecular formula is C20H17ClN2O4. The second-order valence-electron chi connectivity index (χ2n) is 5.92. The van der Waals surface area contributed by atoms with E-state index in [0.29, 0.717) is 22.2 Å². The van der Waals surface area contributed by atoms with Crippen molar-refractivity contribution in [3.63, 3.8) is 0 Å². The molecule has 0 saturated heterocycles. The standard InChI is InChI=1S/C20H17ClN2O4/c1-12-8-9-15(10-16(12)21)22-17(24)11-26-20(25)18-13(2)27-23-19(18)14-6-4-3-5-7-14/h3-10H,11H2,1-2H3,(H,22,24). The van der Waals surface area contributed by atoms with E-state index >= 15 is 0 Å². The number of aromatic nitrogens is 1. The molecule has 3 aromatic rings. The number of ether oxygens (including phenoxy) is 1. The second kappa shape index (κ2) is 8.05. The Morgan fingerprint density at radius 1 is 1.15 bits per heavy atom. The zero-order valence-corrected chi connectivity index (χ0v) is 15.5. The molecule has 0 aliphatic heterocycles. The molecule has 0 atom stereocenters. The lowest BCUT2D eigenvalue weighted by molar-refractivity contribution is -0.119. The van der Waals surface area contributed by atoms with Gasteiger partial charge in [0.15, 0.2) is 6.61 Å². The van der Waals surface area contributed by atoms with Gasteiger partial charge < -0.3 is 14.6 Å². The van der Waals surface area contributed by atoms with Gasteiger partial charge in [0.25, 0.3) is 5.91 Å². The maximum absolute atomic E-state index is 12.5. The molecule has 1 N–H and O–H groups in total. The summed E-state index contributed by atoms with van der Waals surface area (Å²) < 4.78 is 10.3. The third-order valence-corrected chi connectivity index (χ3v) is 4.31. The molecule has 0 spiro atoms. The Labute approximate surface area is 161 Å². The highest BCUT2D eigenvalue weighted by Crippen LogP contribution is 2.25. The van der Waals surface area contributed by atoms with Crippen LogP contribution in [0.2, 0.25) is 5.02 Å². The van der Waals surface area contributed by atoms with E-state index in [0.717, 1.165) is 11.1 Å². The van der Waals surface area contributed by atoms with Gasteiger partial charge in [-0.25, -0.2) is 4.79 Å². The van der Waals surface area contributed by atoms with Crippen LogP contribution in [0.3, 0.4) is 0 Å². The number of halogens is 1. The fraction of sp³-hybridized carbons (Fsp3) is 0.150. The van der Waals surface area contributed by atoms with Gasteiger partial charge in [0, 0.05) is 16.3 Å². The Hall–Kier alpha value is -3.12. The number of hydrogen-bond donors (Lipinski definition) is 1. The van der Waals surface area contributed by atoms with Gasteiger partial charge in [0.05, 0.1) is 0 Å². The highest BCUT2D eigenvalue weighted by Gasteiger charge is 2.23. The average molecular weight is 385 g/mol. The Bertz CT molecular complexity index is 983. The summed E-state index contributed by atoms with van der Waals surface area (Å²) in [6.07, 6.45) is 0. The molecule has 3 rings (SSSR count). The topological polar surface area (TPSA) is 81.4 Å². The summed E-state index contributed by atoms with van der Waals surface area (Å²) in [7, 11) is 0. The van der Waals surface area contributed by atoms with E-state index in [-0.39, 0.29) is 5.56 Å². The number of anilines is 1. The van der Waals surface area contributed by atoms with Crippen LogP contribution in [-0.4, -0.2) is 23.6 Å². The van der Waals surface area contributed by atoms with Crippen LogP contribution in [-0.2, 0) is 9.53 Å². The second-order valence-corrected chi connectivity index (χ2v) is 6.32. The summed E-state index contributed by atoms with van der Waals surface area (Å²) >= 11 is 6.03. The molecule has 0 fully saturated rings.